The third-order valence-electron chi connectivity index (χ3n) is 2.82. The lowest BCUT2D eigenvalue weighted by molar-refractivity contribution is 0.683. The van der Waals surface area contributed by atoms with E-state index in [0.29, 0.717) is 10.5 Å². The maximum Gasteiger partial charge on any atom is 0.0849 e. The molecule has 4 heteroatoms. The molecule has 118 valence electrons. The smallest absolute Gasteiger partial charge is 0.0849 e. The van der Waals surface area contributed by atoms with Gasteiger partial charge in [0.2, 0.25) is 0 Å². The maximum atomic E-state index is 12.6. The predicted octanol–water partition coefficient (Wildman–Crippen LogP) is 5.85. The lowest BCUT2D eigenvalue weighted by Gasteiger charge is -2.08. The van der Waals surface area contributed by atoms with Gasteiger partial charge in [0.25, 0.3) is 0 Å². The van der Waals surface area contributed by atoms with Gasteiger partial charge < -0.3 is 0 Å². The standard InChI is InChI=1S/C18H22OS3/c1-13(2)20-15-5-9-17(10-6-15)22(19)18-11-7-16(8-12-18)21-14(3)4/h5-14H,1-4H3. The second-order valence-electron chi connectivity index (χ2n) is 5.54. The van der Waals surface area contributed by atoms with E-state index in [-0.39, 0.29) is 0 Å². The molecule has 22 heavy (non-hydrogen) atoms. The van der Waals surface area contributed by atoms with E-state index in [1.165, 1.54) is 9.79 Å². The van der Waals surface area contributed by atoms with E-state index in [1.54, 1.807) is 0 Å². The molecule has 2 aromatic carbocycles. The van der Waals surface area contributed by atoms with E-state index < -0.39 is 10.8 Å². The van der Waals surface area contributed by atoms with Crippen molar-refractivity contribution in [3.63, 3.8) is 0 Å². The Morgan fingerprint density at radius 3 is 1.27 bits per heavy atom. The molecule has 0 N–H and O–H groups in total. The van der Waals surface area contributed by atoms with Gasteiger partial charge >= 0.3 is 0 Å². The molecule has 0 atom stereocenters. The first kappa shape index (κ1) is 17.6. The van der Waals surface area contributed by atoms with Crippen LogP contribution in [0.4, 0.5) is 0 Å². The van der Waals surface area contributed by atoms with Crippen LogP contribution in [0.25, 0.3) is 0 Å². The number of hydrogen-bond acceptors (Lipinski definition) is 3. The van der Waals surface area contributed by atoms with Crippen molar-refractivity contribution in [3.8, 4) is 0 Å². The summed E-state index contributed by atoms with van der Waals surface area (Å²) in [6, 6.07) is 16.1. The Bertz CT molecular complexity index is 560. The van der Waals surface area contributed by atoms with Crippen molar-refractivity contribution in [2.45, 2.75) is 57.8 Å². The lowest BCUT2D eigenvalue weighted by atomic mass is 10.4. The van der Waals surface area contributed by atoms with Crippen LogP contribution >= 0.6 is 23.5 Å². The average Bonchev–Trinajstić information content (AvgIpc) is 2.47. The van der Waals surface area contributed by atoms with Gasteiger partial charge in [-0.1, -0.05) is 27.7 Å². The minimum atomic E-state index is -1.11. The lowest BCUT2D eigenvalue weighted by Crippen LogP contribution is -1.94. The summed E-state index contributed by atoms with van der Waals surface area (Å²) in [7, 11) is -1.11. The van der Waals surface area contributed by atoms with Crippen LogP contribution in [0.1, 0.15) is 27.7 Å². The van der Waals surface area contributed by atoms with Crippen molar-refractivity contribution in [1.82, 2.24) is 0 Å². The molecule has 0 aliphatic carbocycles. The Morgan fingerprint density at radius 1 is 0.682 bits per heavy atom. The minimum absolute atomic E-state index is 0.558. The third kappa shape index (κ3) is 5.18. The van der Waals surface area contributed by atoms with Crippen LogP contribution in [-0.2, 0) is 10.8 Å². The van der Waals surface area contributed by atoms with Crippen molar-refractivity contribution < 1.29 is 4.21 Å². The normalized spacial score (nSPS) is 11.6. The molecule has 0 unspecified atom stereocenters. The number of rotatable bonds is 6. The summed E-state index contributed by atoms with van der Waals surface area (Å²) < 4.78 is 12.6. The highest BCUT2D eigenvalue weighted by molar-refractivity contribution is 8.00. The minimum Gasteiger partial charge on any atom is -0.249 e. The Balaban J connectivity index is 2.10. The molecule has 0 aliphatic heterocycles. The monoisotopic (exact) mass is 350 g/mol. The van der Waals surface area contributed by atoms with Gasteiger partial charge in [-0.2, -0.15) is 0 Å². The van der Waals surface area contributed by atoms with Crippen LogP contribution in [0.2, 0.25) is 0 Å². The van der Waals surface area contributed by atoms with E-state index >= 15 is 0 Å². The van der Waals surface area contributed by atoms with Gasteiger partial charge in [0.15, 0.2) is 0 Å². The summed E-state index contributed by atoms with van der Waals surface area (Å²) in [5, 5.41) is 1.12. The fourth-order valence-electron chi connectivity index (χ4n) is 1.96. The van der Waals surface area contributed by atoms with Crippen LogP contribution < -0.4 is 0 Å². The third-order valence-corrected chi connectivity index (χ3v) is 6.25. The summed E-state index contributed by atoms with van der Waals surface area (Å²) in [6.07, 6.45) is 0. The second kappa shape index (κ2) is 8.23. The van der Waals surface area contributed by atoms with E-state index in [1.807, 2.05) is 47.8 Å². The number of hydrogen-bond donors (Lipinski definition) is 0. The number of thioether (sulfide) groups is 2. The molecular weight excluding hydrogens is 328 g/mol. The van der Waals surface area contributed by atoms with Crippen molar-refractivity contribution in [2.24, 2.45) is 0 Å². The average molecular weight is 351 g/mol. The van der Waals surface area contributed by atoms with Crippen LogP contribution in [0, 0.1) is 0 Å². The molecule has 0 fully saturated rings. The molecule has 2 rings (SSSR count). The molecule has 0 amide bonds. The van der Waals surface area contributed by atoms with Gasteiger partial charge in [-0.05, 0) is 48.5 Å². The molecular formula is C18H22OS3. The zero-order valence-corrected chi connectivity index (χ0v) is 15.9. The summed E-state index contributed by atoms with van der Waals surface area (Å²) in [6.45, 7) is 8.70. The first-order valence-electron chi connectivity index (χ1n) is 7.41. The first-order chi connectivity index (χ1) is 10.5. The fourth-order valence-corrected chi connectivity index (χ4v) is 4.68. The summed E-state index contributed by atoms with van der Waals surface area (Å²) >= 11 is 3.64. The Labute approximate surface area is 144 Å². The van der Waals surface area contributed by atoms with Crippen molar-refractivity contribution >= 4 is 34.3 Å². The van der Waals surface area contributed by atoms with E-state index in [4.69, 9.17) is 0 Å². The first-order valence-corrected chi connectivity index (χ1v) is 10.3. The molecule has 0 heterocycles. The van der Waals surface area contributed by atoms with Crippen molar-refractivity contribution in [3.05, 3.63) is 48.5 Å². The van der Waals surface area contributed by atoms with Crippen molar-refractivity contribution in [2.75, 3.05) is 0 Å². The van der Waals surface area contributed by atoms with Gasteiger partial charge in [-0.25, -0.2) is 4.21 Å². The SMILES string of the molecule is CC(C)Sc1ccc(S(=O)c2ccc(SC(C)C)cc2)cc1. The molecule has 0 saturated heterocycles. The van der Waals surface area contributed by atoms with Gasteiger partial charge in [0, 0.05) is 30.1 Å². The van der Waals surface area contributed by atoms with E-state index in [0.717, 1.165) is 9.79 Å². The zero-order chi connectivity index (χ0) is 16.1. The van der Waals surface area contributed by atoms with Crippen molar-refractivity contribution in [1.29, 1.82) is 0 Å². The quantitative estimate of drug-likeness (QED) is 0.608. The second-order valence-corrected chi connectivity index (χ2v) is 10.3. The zero-order valence-electron chi connectivity index (χ0n) is 13.4. The summed E-state index contributed by atoms with van der Waals surface area (Å²) in [4.78, 5) is 4.16. The Kier molecular flexibility index (Phi) is 6.60. The Hall–Kier alpha value is -0.710. The highest BCUT2D eigenvalue weighted by Gasteiger charge is 2.08. The number of benzene rings is 2. The molecule has 0 aliphatic rings. The molecule has 0 bridgehead atoms. The van der Waals surface area contributed by atoms with Crippen LogP contribution in [0.15, 0.2) is 68.1 Å². The fraction of sp³-hybridized carbons (Fsp3) is 0.333. The maximum absolute atomic E-state index is 12.6. The highest BCUT2D eigenvalue weighted by atomic mass is 32.2. The van der Waals surface area contributed by atoms with Gasteiger partial charge in [0.05, 0.1) is 10.8 Å². The molecule has 2 aromatic rings. The molecule has 1 nitrogen and oxygen atoms in total. The van der Waals surface area contributed by atoms with Gasteiger partial charge in [-0.15, -0.1) is 23.5 Å². The molecule has 0 saturated carbocycles. The highest BCUT2D eigenvalue weighted by Crippen LogP contribution is 2.27. The summed E-state index contributed by atoms with van der Waals surface area (Å²) in [5.41, 5.74) is 0. The summed E-state index contributed by atoms with van der Waals surface area (Å²) in [5.74, 6) is 0. The Morgan fingerprint density at radius 2 is 1.00 bits per heavy atom. The largest absolute Gasteiger partial charge is 0.249 e. The topological polar surface area (TPSA) is 17.1 Å². The molecule has 0 aromatic heterocycles. The predicted molar refractivity (Wildman–Crippen MR) is 99.5 cm³/mol. The molecule has 0 radical (unpaired) electrons. The van der Waals surface area contributed by atoms with Crippen LogP contribution in [-0.4, -0.2) is 14.7 Å². The van der Waals surface area contributed by atoms with E-state index in [9.17, 15) is 4.21 Å². The molecule has 0 spiro atoms. The van der Waals surface area contributed by atoms with Gasteiger partial charge in [0.1, 0.15) is 0 Å². The van der Waals surface area contributed by atoms with Gasteiger partial charge in [-0.3, -0.25) is 0 Å². The van der Waals surface area contributed by atoms with E-state index in [2.05, 4.69) is 52.0 Å². The van der Waals surface area contributed by atoms with Crippen LogP contribution in [0.5, 0.6) is 0 Å². The van der Waals surface area contributed by atoms with Crippen LogP contribution in [0.3, 0.4) is 0 Å².